The van der Waals surface area contributed by atoms with Gasteiger partial charge in [-0.25, -0.2) is 19.2 Å². The van der Waals surface area contributed by atoms with E-state index in [1.165, 1.54) is 18.5 Å². The summed E-state index contributed by atoms with van der Waals surface area (Å²) in [6.07, 6.45) is 5.68. The number of benzene rings is 1. The maximum Gasteiger partial charge on any atom is 0.356 e. The van der Waals surface area contributed by atoms with Crippen molar-refractivity contribution in [3.8, 4) is 0 Å². The Bertz CT molecular complexity index is 682. The summed E-state index contributed by atoms with van der Waals surface area (Å²) in [7, 11) is 0. The van der Waals surface area contributed by atoms with Crippen LogP contribution in [0.4, 0.5) is 10.2 Å². The highest BCUT2D eigenvalue weighted by Gasteiger charge is 2.21. The number of rotatable bonds is 4. The molecule has 1 saturated heterocycles. The van der Waals surface area contributed by atoms with E-state index < -0.39 is 5.97 Å². The van der Waals surface area contributed by atoms with E-state index in [1.54, 1.807) is 12.1 Å². The van der Waals surface area contributed by atoms with E-state index in [4.69, 9.17) is 5.11 Å². The number of carboxylic acid groups (broad SMARTS) is 1. The first-order valence-corrected chi connectivity index (χ1v) is 7.66. The average Bonchev–Trinajstić information content (AvgIpc) is 2.56. The molecule has 0 unspecified atom stereocenters. The molecule has 1 aliphatic rings. The van der Waals surface area contributed by atoms with Crippen LogP contribution in [-0.4, -0.2) is 34.1 Å². The van der Waals surface area contributed by atoms with Crippen molar-refractivity contribution in [3.63, 3.8) is 0 Å². The molecule has 0 atom stereocenters. The van der Waals surface area contributed by atoms with E-state index in [-0.39, 0.29) is 11.5 Å². The third kappa shape index (κ3) is 3.83. The van der Waals surface area contributed by atoms with Gasteiger partial charge in [-0.05, 0) is 42.9 Å². The number of carbonyl (C=O) groups is 1. The fourth-order valence-electron chi connectivity index (χ4n) is 2.96. The van der Waals surface area contributed by atoms with Gasteiger partial charge in [0.15, 0.2) is 5.69 Å². The Hall–Kier alpha value is -2.50. The Kier molecular flexibility index (Phi) is 4.50. The second kappa shape index (κ2) is 6.73. The predicted molar refractivity (Wildman–Crippen MR) is 84.0 cm³/mol. The smallest absolute Gasteiger partial charge is 0.356 e. The fraction of sp³-hybridized carbons (Fsp3) is 0.353. The minimum Gasteiger partial charge on any atom is -0.476 e. The molecule has 1 aromatic heterocycles. The molecular formula is C17H18FN3O2. The van der Waals surface area contributed by atoms with E-state index in [1.807, 2.05) is 6.07 Å². The van der Waals surface area contributed by atoms with Gasteiger partial charge < -0.3 is 10.0 Å². The molecule has 0 radical (unpaired) electrons. The maximum atomic E-state index is 13.2. The molecule has 0 amide bonds. The molecule has 3 rings (SSSR count). The number of anilines is 1. The van der Waals surface area contributed by atoms with Crippen LogP contribution in [0.2, 0.25) is 0 Å². The van der Waals surface area contributed by atoms with Crippen molar-refractivity contribution < 1.29 is 14.3 Å². The Labute approximate surface area is 133 Å². The summed E-state index contributed by atoms with van der Waals surface area (Å²) < 4.78 is 13.2. The normalized spacial score (nSPS) is 15.6. The molecule has 0 bridgehead atoms. The number of piperidine rings is 1. The van der Waals surface area contributed by atoms with Crippen molar-refractivity contribution in [1.29, 1.82) is 0 Å². The van der Waals surface area contributed by atoms with E-state index in [0.29, 0.717) is 11.7 Å². The number of halogens is 1. The largest absolute Gasteiger partial charge is 0.476 e. The molecular weight excluding hydrogens is 297 g/mol. The highest BCUT2D eigenvalue weighted by Crippen LogP contribution is 2.24. The van der Waals surface area contributed by atoms with E-state index in [2.05, 4.69) is 14.9 Å². The van der Waals surface area contributed by atoms with E-state index in [9.17, 15) is 9.18 Å². The average molecular weight is 315 g/mol. The quantitative estimate of drug-likeness (QED) is 0.940. The lowest BCUT2D eigenvalue weighted by atomic mass is 9.90. The van der Waals surface area contributed by atoms with Gasteiger partial charge in [-0.15, -0.1) is 0 Å². The van der Waals surface area contributed by atoms with Crippen LogP contribution in [0.3, 0.4) is 0 Å². The van der Waals surface area contributed by atoms with Gasteiger partial charge in [0.1, 0.15) is 11.6 Å². The van der Waals surface area contributed by atoms with Crippen molar-refractivity contribution in [1.82, 2.24) is 9.97 Å². The van der Waals surface area contributed by atoms with Crippen LogP contribution in [0.5, 0.6) is 0 Å². The van der Waals surface area contributed by atoms with Gasteiger partial charge in [0.25, 0.3) is 0 Å². The summed E-state index contributed by atoms with van der Waals surface area (Å²) in [6, 6.07) is 6.78. The molecule has 1 aromatic carbocycles. The zero-order chi connectivity index (χ0) is 16.2. The first-order chi connectivity index (χ1) is 11.1. The molecule has 1 fully saturated rings. The van der Waals surface area contributed by atoms with Crippen LogP contribution in [-0.2, 0) is 6.42 Å². The first-order valence-electron chi connectivity index (χ1n) is 7.66. The Balaban J connectivity index is 1.56. The standard InChI is InChI=1S/C17H18FN3O2/c18-14-3-1-2-13(9-14)8-12-4-6-21(7-5-12)16-11-19-15(10-20-16)17(22)23/h1-3,9-12H,4-8H2,(H,22,23). The second-order valence-electron chi connectivity index (χ2n) is 5.83. The Morgan fingerprint density at radius 2 is 2.04 bits per heavy atom. The number of carboxylic acids is 1. The van der Waals surface area contributed by atoms with E-state index >= 15 is 0 Å². The van der Waals surface area contributed by atoms with Crippen LogP contribution < -0.4 is 4.90 Å². The van der Waals surface area contributed by atoms with Crippen molar-refractivity contribution in [2.75, 3.05) is 18.0 Å². The summed E-state index contributed by atoms with van der Waals surface area (Å²) in [4.78, 5) is 21.0. The summed E-state index contributed by atoms with van der Waals surface area (Å²) in [5, 5.41) is 8.84. The maximum absolute atomic E-state index is 13.2. The number of hydrogen-bond acceptors (Lipinski definition) is 4. The molecule has 120 valence electrons. The van der Waals surface area contributed by atoms with Crippen molar-refractivity contribution in [2.24, 2.45) is 5.92 Å². The van der Waals surface area contributed by atoms with Crippen LogP contribution >= 0.6 is 0 Å². The number of hydrogen-bond donors (Lipinski definition) is 1. The molecule has 0 saturated carbocycles. The zero-order valence-electron chi connectivity index (χ0n) is 12.7. The van der Waals surface area contributed by atoms with Crippen molar-refractivity contribution in [3.05, 3.63) is 53.7 Å². The van der Waals surface area contributed by atoms with Crippen molar-refractivity contribution in [2.45, 2.75) is 19.3 Å². The van der Waals surface area contributed by atoms with Gasteiger partial charge in [0, 0.05) is 13.1 Å². The third-order valence-corrected chi connectivity index (χ3v) is 4.21. The molecule has 1 N–H and O–H groups in total. The highest BCUT2D eigenvalue weighted by molar-refractivity contribution is 5.84. The van der Waals surface area contributed by atoms with Crippen LogP contribution in [0, 0.1) is 11.7 Å². The van der Waals surface area contributed by atoms with Gasteiger partial charge in [0.2, 0.25) is 0 Å². The van der Waals surface area contributed by atoms with Gasteiger partial charge in [-0.3, -0.25) is 0 Å². The van der Waals surface area contributed by atoms with Gasteiger partial charge in [-0.1, -0.05) is 12.1 Å². The fourth-order valence-corrected chi connectivity index (χ4v) is 2.96. The lowest BCUT2D eigenvalue weighted by Gasteiger charge is -2.32. The first kappa shape index (κ1) is 15.4. The SMILES string of the molecule is O=C(O)c1cnc(N2CCC(Cc3cccc(F)c3)CC2)cn1. The van der Waals surface area contributed by atoms with Gasteiger partial charge >= 0.3 is 5.97 Å². The minimum absolute atomic E-state index is 0.0465. The molecule has 0 spiro atoms. The molecule has 6 heteroatoms. The van der Waals surface area contributed by atoms with Crippen LogP contribution in [0.15, 0.2) is 36.7 Å². The summed E-state index contributed by atoms with van der Waals surface area (Å²) in [5.41, 5.74) is 0.990. The summed E-state index contributed by atoms with van der Waals surface area (Å²) >= 11 is 0. The Morgan fingerprint density at radius 3 is 2.65 bits per heavy atom. The summed E-state index contributed by atoms with van der Waals surface area (Å²) in [6.45, 7) is 1.70. The number of aromatic carboxylic acids is 1. The van der Waals surface area contributed by atoms with Crippen LogP contribution in [0.25, 0.3) is 0 Å². The molecule has 2 heterocycles. The molecule has 1 aliphatic heterocycles. The molecule has 5 nitrogen and oxygen atoms in total. The van der Waals surface area contributed by atoms with Gasteiger partial charge in [0.05, 0.1) is 12.4 Å². The van der Waals surface area contributed by atoms with Crippen molar-refractivity contribution >= 4 is 11.8 Å². The highest BCUT2D eigenvalue weighted by atomic mass is 19.1. The Morgan fingerprint density at radius 1 is 1.26 bits per heavy atom. The molecule has 2 aromatic rings. The zero-order valence-corrected chi connectivity index (χ0v) is 12.7. The van der Waals surface area contributed by atoms with Crippen LogP contribution in [0.1, 0.15) is 28.9 Å². The predicted octanol–water partition coefficient (Wildman–Crippen LogP) is 2.77. The van der Waals surface area contributed by atoms with Gasteiger partial charge in [-0.2, -0.15) is 0 Å². The molecule has 23 heavy (non-hydrogen) atoms. The van der Waals surface area contributed by atoms with E-state index in [0.717, 1.165) is 37.9 Å². The summed E-state index contributed by atoms with van der Waals surface area (Å²) in [5.74, 6) is -0.0231. The molecule has 0 aliphatic carbocycles. The second-order valence-corrected chi connectivity index (χ2v) is 5.83. The number of aromatic nitrogens is 2. The third-order valence-electron chi connectivity index (χ3n) is 4.21. The topological polar surface area (TPSA) is 66.3 Å². The lowest BCUT2D eigenvalue weighted by Crippen LogP contribution is -2.35. The lowest BCUT2D eigenvalue weighted by molar-refractivity contribution is 0.0690. The number of nitrogens with zero attached hydrogens (tertiary/aromatic N) is 3. The monoisotopic (exact) mass is 315 g/mol. The minimum atomic E-state index is -1.07.